The average Bonchev–Trinajstić information content (AvgIpc) is 2.69. The van der Waals surface area contributed by atoms with Crippen molar-refractivity contribution in [3.8, 4) is 22.3 Å². The van der Waals surface area contributed by atoms with E-state index in [1.54, 1.807) is 0 Å². The Labute approximate surface area is 143 Å². The molecule has 2 nitrogen and oxygen atoms in total. The first-order chi connectivity index (χ1) is 11.9. The third-order valence-corrected chi connectivity index (χ3v) is 4.68. The van der Waals surface area contributed by atoms with Crippen molar-refractivity contribution in [3.63, 3.8) is 0 Å². The van der Waals surface area contributed by atoms with Gasteiger partial charge in [-0.1, -0.05) is 78.9 Å². The Morgan fingerprint density at radius 2 is 1.25 bits per heavy atom. The molecule has 0 amide bonds. The topological polar surface area (TPSA) is 24.1 Å². The molecule has 1 fully saturated rings. The molecule has 1 saturated heterocycles. The molecule has 0 aliphatic carbocycles. The highest BCUT2D eigenvalue weighted by atomic mass is 15.1. The highest BCUT2D eigenvalue weighted by Crippen LogP contribution is 2.32. The van der Waals surface area contributed by atoms with Gasteiger partial charge in [0.15, 0.2) is 0 Å². The lowest BCUT2D eigenvalue weighted by Gasteiger charge is -2.25. The molecular formula is C22H22N2. The number of rotatable bonds is 3. The molecule has 0 aromatic heterocycles. The monoisotopic (exact) mass is 314 g/mol. The first-order valence-electron chi connectivity index (χ1n) is 8.61. The van der Waals surface area contributed by atoms with Gasteiger partial charge in [0.05, 0.1) is 0 Å². The summed E-state index contributed by atoms with van der Waals surface area (Å²) in [6, 6.07) is 28.6. The third-order valence-electron chi connectivity index (χ3n) is 4.68. The summed E-state index contributed by atoms with van der Waals surface area (Å²) in [5.41, 5.74) is 6.44. The minimum Gasteiger partial charge on any atom is -0.314 e. The fraction of sp³-hybridized carbons (Fsp3) is 0.182. The van der Waals surface area contributed by atoms with Crippen molar-refractivity contribution in [1.29, 1.82) is 0 Å². The fourth-order valence-corrected chi connectivity index (χ4v) is 3.39. The van der Waals surface area contributed by atoms with E-state index in [1.165, 1.54) is 27.8 Å². The van der Waals surface area contributed by atoms with E-state index < -0.39 is 0 Å². The van der Waals surface area contributed by atoms with Crippen LogP contribution in [0, 0.1) is 0 Å². The normalized spacial score (nSPS) is 17.6. The maximum Gasteiger partial charge on any atom is 0.0447 e. The summed E-state index contributed by atoms with van der Waals surface area (Å²) in [6.45, 7) is 3.09. The quantitative estimate of drug-likeness (QED) is 0.755. The van der Waals surface area contributed by atoms with Crippen LogP contribution in [0.1, 0.15) is 11.6 Å². The molecule has 24 heavy (non-hydrogen) atoms. The second kappa shape index (κ2) is 7.00. The third kappa shape index (κ3) is 3.12. The molecule has 4 rings (SSSR count). The Morgan fingerprint density at radius 3 is 1.88 bits per heavy atom. The SMILES string of the molecule is c1ccc(-c2ccccc2-c2ccc([C@H]3CNCCN3)cc2)cc1. The van der Waals surface area contributed by atoms with Crippen LogP contribution < -0.4 is 10.6 Å². The minimum absolute atomic E-state index is 0.414. The van der Waals surface area contributed by atoms with E-state index in [1.807, 2.05) is 0 Å². The number of benzene rings is 3. The number of piperazine rings is 1. The summed E-state index contributed by atoms with van der Waals surface area (Å²) in [5.74, 6) is 0. The maximum absolute atomic E-state index is 3.57. The van der Waals surface area contributed by atoms with E-state index >= 15 is 0 Å². The lowest BCUT2D eigenvalue weighted by molar-refractivity contribution is 0.430. The van der Waals surface area contributed by atoms with Crippen molar-refractivity contribution in [2.45, 2.75) is 6.04 Å². The van der Waals surface area contributed by atoms with Crippen molar-refractivity contribution in [1.82, 2.24) is 10.6 Å². The highest BCUT2D eigenvalue weighted by molar-refractivity contribution is 5.83. The summed E-state index contributed by atoms with van der Waals surface area (Å²) in [4.78, 5) is 0. The zero-order chi connectivity index (χ0) is 16.2. The van der Waals surface area contributed by atoms with E-state index in [0.717, 1.165) is 19.6 Å². The zero-order valence-electron chi connectivity index (χ0n) is 13.7. The summed E-state index contributed by atoms with van der Waals surface area (Å²) in [5, 5.41) is 7.02. The van der Waals surface area contributed by atoms with Crippen LogP contribution in [0.2, 0.25) is 0 Å². The van der Waals surface area contributed by atoms with E-state index in [-0.39, 0.29) is 0 Å². The Kier molecular flexibility index (Phi) is 4.41. The maximum atomic E-state index is 3.57. The Morgan fingerprint density at radius 1 is 0.625 bits per heavy atom. The average molecular weight is 314 g/mol. The molecule has 120 valence electrons. The number of nitrogens with one attached hydrogen (secondary N) is 2. The van der Waals surface area contributed by atoms with Crippen molar-refractivity contribution < 1.29 is 0 Å². The van der Waals surface area contributed by atoms with Gasteiger partial charge < -0.3 is 10.6 Å². The molecule has 1 aliphatic rings. The predicted molar refractivity (Wildman–Crippen MR) is 101 cm³/mol. The van der Waals surface area contributed by atoms with Gasteiger partial charge in [-0.05, 0) is 27.8 Å². The van der Waals surface area contributed by atoms with Crippen LogP contribution in [0.25, 0.3) is 22.3 Å². The zero-order valence-corrected chi connectivity index (χ0v) is 13.7. The van der Waals surface area contributed by atoms with Gasteiger partial charge in [-0.2, -0.15) is 0 Å². The number of hydrogen-bond donors (Lipinski definition) is 2. The smallest absolute Gasteiger partial charge is 0.0447 e. The Bertz CT molecular complexity index is 788. The van der Waals surface area contributed by atoms with Crippen LogP contribution >= 0.6 is 0 Å². The first-order valence-corrected chi connectivity index (χ1v) is 8.61. The molecular weight excluding hydrogens is 292 g/mol. The van der Waals surface area contributed by atoms with Crippen molar-refractivity contribution in [2.24, 2.45) is 0 Å². The van der Waals surface area contributed by atoms with Gasteiger partial charge in [-0.25, -0.2) is 0 Å². The lowest BCUT2D eigenvalue weighted by Crippen LogP contribution is -2.42. The molecule has 0 bridgehead atoms. The van der Waals surface area contributed by atoms with E-state index in [9.17, 15) is 0 Å². The first kappa shape index (κ1) is 15.1. The van der Waals surface area contributed by atoms with Gasteiger partial charge in [0.1, 0.15) is 0 Å². The molecule has 0 spiro atoms. The highest BCUT2D eigenvalue weighted by Gasteiger charge is 2.14. The van der Waals surface area contributed by atoms with Gasteiger partial charge in [-0.3, -0.25) is 0 Å². The van der Waals surface area contributed by atoms with Gasteiger partial charge >= 0.3 is 0 Å². The summed E-state index contributed by atoms with van der Waals surface area (Å²) >= 11 is 0. The predicted octanol–water partition coefficient (Wildman–Crippen LogP) is 4.25. The second-order valence-electron chi connectivity index (χ2n) is 6.24. The van der Waals surface area contributed by atoms with E-state index in [2.05, 4.69) is 89.5 Å². The molecule has 1 atom stereocenters. The van der Waals surface area contributed by atoms with Gasteiger partial charge in [-0.15, -0.1) is 0 Å². The molecule has 3 aromatic rings. The summed E-state index contributed by atoms with van der Waals surface area (Å²) in [6.07, 6.45) is 0. The van der Waals surface area contributed by atoms with Crippen LogP contribution in [0.3, 0.4) is 0 Å². The second-order valence-corrected chi connectivity index (χ2v) is 6.24. The summed E-state index contributed by atoms with van der Waals surface area (Å²) < 4.78 is 0. The van der Waals surface area contributed by atoms with Crippen molar-refractivity contribution in [2.75, 3.05) is 19.6 Å². The van der Waals surface area contributed by atoms with Crippen molar-refractivity contribution >= 4 is 0 Å². The van der Waals surface area contributed by atoms with Crippen LogP contribution in [-0.4, -0.2) is 19.6 Å². The largest absolute Gasteiger partial charge is 0.314 e. The van der Waals surface area contributed by atoms with Gasteiger partial charge in [0, 0.05) is 25.7 Å². The molecule has 1 aliphatic heterocycles. The van der Waals surface area contributed by atoms with Gasteiger partial charge in [0.2, 0.25) is 0 Å². The van der Waals surface area contributed by atoms with Gasteiger partial charge in [0.25, 0.3) is 0 Å². The molecule has 2 N–H and O–H groups in total. The molecule has 1 heterocycles. The van der Waals surface area contributed by atoms with Crippen LogP contribution in [-0.2, 0) is 0 Å². The molecule has 2 heteroatoms. The van der Waals surface area contributed by atoms with Crippen LogP contribution in [0.4, 0.5) is 0 Å². The molecule has 0 saturated carbocycles. The van der Waals surface area contributed by atoms with Crippen molar-refractivity contribution in [3.05, 3.63) is 84.4 Å². The number of hydrogen-bond acceptors (Lipinski definition) is 2. The fourth-order valence-electron chi connectivity index (χ4n) is 3.39. The molecule has 0 unspecified atom stereocenters. The lowest BCUT2D eigenvalue weighted by atomic mass is 9.93. The van der Waals surface area contributed by atoms with E-state index in [0.29, 0.717) is 6.04 Å². The Balaban J connectivity index is 1.67. The molecule has 0 radical (unpaired) electrons. The van der Waals surface area contributed by atoms with Crippen LogP contribution in [0.5, 0.6) is 0 Å². The summed E-state index contributed by atoms with van der Waals surface area (Å²) in [7, 11) is 0. The van der Waals surface area contributed by atoms with E-state index in [4.69, 9.17) is 0 Å². The molecule has 3 aromatic carbocycles. The van der Waals surface area contributed by atoms with Crippen LogP contribution in [0.15, 0.2) is 78.9 Å². The Hall–Kier alpha value is -2.42. The standard InChI is InChI=1S/C22H22N2/c1-2-6-17(7-3-1)20-8-4-5-9-21(20)18-10-12-19(13-11-18)22-16-23-14-15-24-22/h1-13,22-24H,14-16H2/t22-/m1/s1. The minimum atomic E-state index is 0.414.